The summed E-state index contributed by atoms with van der Waals surface area (Å²) in [6.45, 7) is 0.940. The molecule has 4 aromatic rings. The van der Waals surface area contributed by atoms with E-state index in [1.165, 1.54) is 31.9 Å². The van der Waals surface area contributed by atoms with Crippen LogP contribution in [0.15, 0.2) is 49.1 Å². The van der Waals surface area contributed by atoms with Crippen molar-refractivity contribution in [1.29, 1.82) is 0 Å². The van der Waals surface area contributed by atoms with Crippen molar-refractivity contribution in [2.45, 2.75) is 6.54 Å². The Bertz CT molecular complexity index is 949. The molecule has 1 aliphatic rings. The van der Waals surface area contributed by atoms with Crippen LogP contribution in [-0.4, -0.2) is 9.38 Å². The number of nitrogens with zero attached hydrogens (tertiary/aromatic N) is 3. The number of hydrogen-bond acceptors (Lipinski definition) is 2. The summed E-state index contributed by atoms with van der Waals surface area (Å²) in [5.74, 6) is 0. The lowest BCUT2D eigenvalue weighted by molar-refractivity contribution is -0.642. The monoisotopic (exact) mass is 264 g/mol. The third-order valence-corrected chi connectivity index (χ3v) is 5.07. The first-order valence-corrected chi connectivity index (χ1v) is 7.09. The smallest absolute Gasteiger partial charge is 0.271 e. The van der Waals surface area contributed by atoms with Crippen LogP contribution in [0.5, 0.6) is 0 Å². The maximum absolute atomic E-state index is 4.23. The highest BCUT2D eigenvalue weighted by Gasteiger charge is 2.32. The Morgan fingerprint density at radius 1 is 1.26 bits per heavy atom. The third kappa shape index (κ3) is 1.12. The Labute approximate surface area is 113 Å². The van der Waals surface area contributed by atoms with Gasteiger partial charge in [-0.2, -0.15) is 4.57 Å². The van der Waals surface area contributed by atoms with E-state index in [0.29, 0.717) is 0 Å². The highest BCUT2D eigenvalue weighted by atomic mass is 32.1. The van der Waals surface area contributed by atoms with Crippen LogP contribution < -0.4 is 4.57 Å². The summed E-state index contributed by atoms with van der Waals surface area (Å²) in [7, 11) is 0. The van der Waals surface area contributed by atoms with Crippen molar-refractivity contribution in [3.8, 4) is 10.6 Å². The van der Waals surface area contributed by atoms with Crippen molar-refractivity contribution in [3.05, 3.63) is 54.6 Å². The van der Waals surface area contributed by atoms with Crippen molar-refractivity contribution < 1.29 is 4.57 Å². The predicted molar refractivity (Wildman–Crippen MR) is 75.3 cm³/mol. The molecule has 0 atom stereocenters. The Kier molecular flexibility index (Phi) is 1.64. The molecule has 0 amide bonds. The van der Waals surface area contributed by atoms with Crippen LogP contribution in [-0.2, 0) is 6.54 Å². The quantitative estimate of drug-likeness (QED) is 0.394. The van der Waals surface area contributed by atoms with Crippen molar-refractivity contribution in [2.75, 3.05) is 0 Å². The zero-order valence-electron chi connectivity index (χ0n) is 10.1. The molecule has 0 aliphatic carbocycles. The molecule has 5 heterocycles. The van der Waals surface area contributed by atoms with E-state index in [4.69, 9.17) is 0 Å². The lowest BCUT2D eigenvalue weighted by atomic mass is 10.2. The molecule has 0 N–H and O–H groups in total. The molecule has 4 aromatic heterocycles. The topological polar surface area (TPSA) is 21.2 Å². The van der Waals surface area contributed by atoms with E-state index >= 15 is 0 Å². The Hall–Kier alpha value is -2.20. The molecule has 19 heavy (non-hydrogen) atoms. The molecule has 0 saturated carbocycles. The van der Waals surface area contributed by atoms with Crippen molar-refractivity contribution in [2.24, 2.45) is 0 Å². The first-order chi connectivity index (χ1) is 9.42. The molecule has 0 fully saturated rings. The van der Waals surface area contributed by atoms with Gasteiger partial charge in [0.1, 0.15) is 4.70 Å². The maximum Gasteiger partial charge on any atom is 0.271 e. The van der Waals surface area contributed by atoms with Crippen molar-refractivity contribution in [1.82, 2.24) is 9.38 Å². The van der Waals surface area contributed by atoms with E-state index in [2.05, 4.69) is 50.6 Å². The fraction of sp³-hybridized carbons (Fsp3) is 0.0667. The number of aromatic nitrogens is 3. The number of pyridine rings is 2. The molecule has 5 rings (SSSR count). The number of rotatable bonds is 0. The second-order valence-corrected chi connectivity index (χ2v) is 5.86. The first kappa shape index (κ1) is 9.69. The standard InChI is InChI=1S/C15H10N3S/c1-2-6-17-9-13-14(12(17)3-1)19-15-11-4-5-16-7-10(11)8-18(13)15/h1-7,9H,8H2/q+1. The van der Waals surface area contributed by atoms with Crippen LogP contribution in [0, 0.1) is 0 Å². The maximum atomic E-state index is 4.23. The SMILES string of the molecule is c1ccn2cc3c(sc4[n+]3Cc3cnccc3-4)c2c1. The van der Waals surface area contributed by atoms with Gasteiger partial charge in [-0.1, -0.05) is 17.4 Å². The second kappa shape index (κ2) is 3.22. The van der Waals surface area contributed by atoms with Gasteiger partial charge >= 0.3 is 0 Å². The summed E-state index contributed by atoms with van der Waals surface area (Å²) >= 11 is 1.88. The molecule has 1 aliphatic heterocycles. The van der Waals surface area contributed by atoms with E-state index in [-0.39, 0.29) is 0 Å². The summed E-state index contributed by atoms with van der Waals surface area (Å²) in [5.41, 5.74) is 5.28. The van der Waals surface area contributed by atoms with Crippen LogP contribution in [0.25, 0.3) is 26.3 Å². The molecule has 0 spiro atoms. The van der Waals surface area contributed by atoms with Gasteiger partial charge in [-0.05, 0) is 18.2 Å². The Morgan fingerprint density at radius 2 is 2.26 bits per heavy atom. The van der Waals surface area contributed by atoms with Crippen LogP contribution in [0.2, 0.25) is 0 Å². The van der Waals surface area contributed by atoms with Gasteiger partial charge in [0.05, 0.1) is 17.3 Å². The van der Waals surface area contributed by atoms with Gasteiger partial charge in [-0.25, -0.2) is 0 Å². The van der Waals surface area contributed by atoms with Crippen LogP contribution in [0.1, 0.15) is 5.56 Å². The summed E-state index contributed by atoms with van der Waals surface area (Å²) in [6, 6.07) is 8.48. The summed E-state index contributed by atoms with van der Waals surface area (Å²) < 4.78 is 5.98. The Balaban J connectivity index is 1.93. The minimum atomic E-state index is 0.940. The third-order valence-electron chi connectivity index (χ3n) is 3.81. The van der Waals surface area contributed by atoms with Gasteiger partial charge < -0.3 is 4.40 Å². The van der Waals surface area contributed by atoms with Gasteiger partial charge in [0.25, 0.3) is 5.01 Å². The van der Waals surface area contributed by atoms with Gasteiger partial charge in [0.15, 0.2) is 6.54 Å². The Morgan fingerprint density at radius 3 is 3.26 bits per heavy atom. The minimum Gasteiger partial charge on any atom is -0.316 e. The van der Waals surface area contributed by atoms with E-state index in [9.17, 15) is 0 Å². The molecule has 0 aromatic carbocycles. The molecule has 0 saturated heterocycles. The fourth-order valence-electron chi connectivity index (χ4n) is 2.93. The van der Waals surface area contributed by atoms with Crippen molar-refractivity contribution in [3.63, 3.8) is 0 Å². The lowest BCUT2D eigenvalue weighted by Gasteiger charge is -1.90. The predicted octanol–water partition coefficient (Wildman–Crippen LogP) is 2.87. The minimum absolute atomic E-state index is 0.940. The number of fused-ring (bicyclic) bond motifs is 7. The van der Waals surface area contributed by atoms with Crippen molar-refractivity contribution >= 4 is 27.1 Å². The summed E-state index contributed by atoms with van der Waals surface area (Å²) in [6.07, 6.45) is 8.20. The molecule has 0 bridgehead atoms. The molecule has 90 valence electrons. The fourth-order valence-corrected chi connectivity index (χ4v) is 4.25. The van der Waals surface area contributed by atoms with Gasteiger partial charge in [-0.15, -0.1) is 0 Å². The average Bonchev–Trinajstić information content (AvgIpc) is 3.07. The highest BCUT2D eigenvalue weighted by molar-refractivity contribution is 7.22. The number of hydrogen-bond donors (Lipinski definition) is 0. The average molecular weight is 264 g/mol. The van der Waals surface area contributed by atoms with E-state index in [1.54, 1.807) is 0 Å². The zero-order chi connectivity index (χ0) is 12.4. The lowest BCUT2D eigenvalue weighted by Crippen LogP contribution is -2.29. The van der Waals surface area contributed by atoms with E-state index in [1.807, 2.05) is 23.7 Å². The second-order valence-electron chi connectivity index (χ2n) is 4.86. The van der Waals surface area contributed by atoms with Gasteiger partial charge in [-0.3, -0.25) is 4.98 Å². The van der Waals surface area contributed by atoms with Gasteiger partial charge in [0.2, 0.25) is 5.52 Å². The summed E-state index contributed by atoms with van der Waals surface area (Å²) in [4.78, 5) is 4.23. The molecule has 4 heteroatoms. The van der Waals surface area contributed by atoms with Crippen LogP contribution in [0.3, 0.4) is 0 Å². The van der Waals surface area contributed by atoms with Crippen LogP contribution >= 0.6 is 11.3 Å². The van der Waals surface area contributed by atoms with Gasteiger partial charge in [0, 0.05) is 24.2 Å². The summed E-state index contributed by atoms with van der Waals surface area (Å²) in [5, 5.41) is 1.36. The molecule has 0 unspecified atom stereocenters. The molecule has 3 nitrogen and oxygen atoms in total. The normalized spacial score (nSPS) is 13.1. The molecular weight excluding hydrogens is 254 g/mol. The highest BCUT2D eigenvalue weighted by Crippen LogP contribution is 2.37. The molecular formula is C15H10N3S+. The van der Waals surface area contributed by atoms with E-state index < -0.39 is 0 Å². The zero-order valence-corrected chi connectivity index (χ0v) is 10.9. The largest absolute Gasteiger partial charge is 0.316 e. The molecule has 0 radical (unpaired) electrons. The van der Waals surface area contributed by atoms with E-state index in [0.717, 1.165) is 6.54 Å². The number of thiazole rings is 1. The van der Waals surface area contributed by atoms with Crippen LogP contribution in [0.4, 0.5) is 0 Å². The first-order valence-electron chi connectivity index (χ1n) is 6.27.